The lowest BCUT2D eigenvalue weighted by atomic mass is 10.3. The van der Waals surface area contributed by atoms with Crippen LogP contribution in [0, 0.1) is 5.53 Å². The van der Waals surface area contributed by atoms with E-state index in [0.29, 0.717) is 17.2 Å². The fourth-order valence-corrected chi connectivity index (χ4v) is 0.877. The molecule has 0 bridgehead atoms. The lowest BCUT2D eigenvalue weighted by molar-refractivity contribution is 0.395. The smallest absolute Gasteiger partial charge is 0.150 e. The molecule has 0 atom stereocenters. The average Bonchev–Trinajstić information content (AvgIpc) is 2.29. The van der Waals surface area contributed by atoms with Gasteiger partial charge in [0.1, 0.15) is 17.2 Å². The van der Waals surface area contributed by atoms with E-state index in [-0.39, 0.29) is 0 Å². The summed E-state index contributed by atoms with van der Waals surface area (Å²) >= 11 is 0. The van der Waals surface area contributed by atoms with Crippen molar-refractivity contribution >= 4 is 5.69 Å². The molecule has 1 rings (SSSR count). The van der Waals surface area contributed by atoms with E-state index in [4.69, 9.17) is 15.0 Å². The predicted octanol–water partition coefficient (Wildman–Crippen LogP) is 3.78. The molecule has 0 aliphatic heterocycles. The summed E-state index contributed by atoms with van der Waals surface area (Å²) in [5.41, 5.74) is 7.32. The summed E-state index contributed by atoms with van der Waals surface area (Å²) < 4.78 is 9.96. The van der Waals surface area contributed by atoms with E-state index in [1.54, 1.807) is 25.3 Å². The Morgan fingerprint density at radius 2 is 1.80 bits per heavy atom. The second-order valence-corrected chi connectivity index (χ2v) is 2.86. The molecule has 0 heterocycles. The van der Waals surface area contributed by atoms with Gasteiger partial charge in [0.05, 0.1) is 14.2 Å². The molecule has 0 aliphatic carbocycles. The first-order valence-electron chi connectivity index (χ1n) is 4.82. The Morgan fingerprint density at radius 1 is 1.20 bits per heavy atom. The summed E-state index contributed by atoms with van der Waals surface area (Å²) in [6, 6.07) is 5.09. The van der Waals surface area contributed by atoms with E-state index >= 15 is 0 Å². The normalized spacial score (nSPS) is 8.53. The molecule has 0 spiro atoms. The second kappa shape index (κ2) is 7.79. The summed E-state index contributed by atoms with van der Waals surface area (Å²) in [6.45, 7) is 4.25. The van der Waals surface area contributed by atoms with E-state index in [1.807, 2.05) is 0 Å². The van der Waals surface area contributed by atoms with Crippen molar-refractivity contribution in [2.24, 2.45) is 5.11 Å². The van der Waals surface area contributed by atoms with Gasteiger partial charge in [0.25, 0.3) is 0 Å². The number of methoxy groups -OCH3 is 2. The minimum Gasteiger partial charge on any atom is -0.497 e. The Labute approximate surface area is 90.7 Å². The Hall–Kier alpha value is -1.58. The molecular formula is C11H18N2O2. The highest BCUT2D eigenvalue weighted by Gasteiger charge is 2.02. The Bertz CT molecular complexity index is 301. The van der Waals surface area contributed by atoms with E-state index < -0.39 is 0 Å². The van der Waals surface area contributed by atoms with Crippen LogP contribution >= 0.6 is 0 Å². The summed E-state index contributed by atoms with van der Waals surface area (Å²) in [6.07, 6.45) is 1.25. The minimum atomic E-state index is 0.498. The average molecular weight is 210 g/mol. The quantitative estimate of drug-likeness (QED) is 0.772. The first-order valence-corrected chi connectivity index (χ1v) is 4.82. The van der Waals surface area contributed by atoms with Crippen molar-refractivity contribution in [3.63, 3.8) is 0 Å². The van der Waals surface area contributed by atoms with Crippen LogP contribution in [0.4, 0.5) is 5.69 Å². The van der Waals surface area contributed by atoms with Crippen LogP contribution in [-0.2, 0) is 0 Å². The van der Waals surface area contributed by atoms with Crippen molar-refractivity contribution in [2.45, 2.75) is 20.3 Å². The van der Waals surface area contributed by atoms with Gasteiger partial charge in [-0.15, -0.1) is 0 Å². The Kier molecular flexibility index (Phi) is 6.97. The fourth-order valence-electron chi connectivity index (χ4n) is 0.877. The molecule has 0 aliphatic rings. The molecular weight excluding hydrogens is 192 g/mol. The maximum Gasteiger partial charge on any atom is 0.150 e. The molecule has 1 aromatic rings. The third-order valence-electron chi connectivity index (χ3n) is 1.51. The van der Waals surface area contributed by atoms with E-state index in [9.17, 15) is 0 Å². The maximum absolute atomic E-state index is 6.82. The largest absolute Gasteiger partial charge is 0.497 e. The molecule has 0 fully saturated rings. The van der Waals surface area contributed by atoms with Crippen LogP contribution in [0.1, 0.15) is 20.3 Å². The summed E-state index contributed by atoms with van der Waals surface area (Å²) in [5.74, 6) is 1.24. The van der Waals surface area contributed by atoms with Gasteiger partial charge in [-0.2, -0.15) is 5.11 Å². The zero-order chi connectivity index (χ0) is 11.7. The molecule has 84 valence electrons. The number of benzene rings is 1. The van der Waals surface area contributed by atoms with Gasteiger partial charge in [-0.25, -0.2) is 5.53 Å². The SMILES string of the molecule is CCC.COc1ccc(N=N)c(OC)c1. The molecule has 0 saturated heterocycles. The lowest BCUT2D eigenvalue weighted by Crippen LogP contribution is -1.86. The molecule has 0 unspecified atom stereocenters. The molecule has 15 heavy (non-hydrogen) atoms. The van der Waals surface area contributed by atoms with Gasteiger partial charge in [-0.05, 0) is 12.1 Å². The van der Waals surface area contributed by atoms with E-state index in [0.717, 1.165) is 0 Å². The Balaban J connectivity index is 0.000000583. The lowest BCUT2D eigenvalue weighted by Gasteiger charge is -2.04. The van der Waals surface area contributed by atoms with Crippen LogP contribution in [-0.4, -0.2) is 14.2 Å². The van der Waals surface area contributed by atoms with Crippen LogP contribution < -0.4 is 9.47 Å². The monoisotopic (exact) mass is 210 g/mol. The summed E-state index contributed by atoms with van der Waals surface area (Å²) in [4.78, 5) is 0. The van der Waals surface area contributed by atoms with Crippen LogP contribution in [0.15, 0.2) is 23.3 Å². The number of ether oxygens (including phenoxy) is 2. The number of nitrogens with one attached hydrogen (secondary N) is 1. The molecule has 4 nitrogen and oxygen atoms in total. The zero-order valence-corrected chi connectivity index (χ0v) is 9.70. The fraction of sp³-hybridized carbons (Fsp3) is 0.455. The number of hydrogen-bond acceptors (Lipinski definition) is 4. The zero-order valence-electron chi connectivity index (χ0n) is 9.70. The molecule has 0 aromatic heterocycles. The number of nitrogens with zero attached hydrogens (tertiary/aromatic N) is 1. The Morgan fingerprint density at radius 3 is 2.20 bits per heavy atom. The van der Waals surface area contributed by atoms with Crippen molar-refractivity contribution in [1.29, 1.82) is 5.53 Å². The molecule has 0 amide bonds. The predicted molar refractivity (Wildman–Crippen MR) is 60.3 cm³/mol. The topological polar surface area (TPSA) is 54.7 Å². The van der Waals surface area contributed by atoms with Gasteiger partial charge in [-0.1, -0.05) is 20.3 Å². The van der Waals surface area contributed by atoms with Crippen LogP contribution in [0.5, 0.6) is 11.5 Å². The number of hydrogen-bond donors (Lipinski definition) is 1. The number of rotatable bonds is 3. The molecule has 0 saturated carbocycles. The van der Waals surface area contributed by atoms with Crippen molar-refractivity contribution in [3.8, 4) is 11.5 Å². The van der Waals surface area contributed by atoms with Crippen molar-refractivity contribution in [2.75, 3.05) is 14.2 Å². The third kappa shape index (κ3) is 4.44. The van der Waals surface area contributed by atoms with Gasteiger partial charge in [-0.3, -0.25) is 0 Å². The second-order valence-electron chi connectivity index (χ2n) is 2.86. The van der Waals surface area contributed by atoms with Crippen LogP contribution in [0.3, 0.4) is 0 Å². The van der Waals surface area contributed by atoms with Gasteiger partial charge in [0.15, 0.2) is 0 Å². The minimum absolute atomic E-state index is 0.498. The molecule has 0 radical (unpaired) electrons. The van der Waals surface area contributed by atoms with E-state index in [2.05, 4.69) is 19.0 Å². The van der Waals surface area contributed by atoms with Gasteiger partial charge in [0, 0.05) is 6.07 Å². The summed E-state index contributed by atoms with van der Waals surface area (Å²) in [5, 5.41) is 3.29. The highest BCUT2D eigenvalue weighted by molar-refractivity contribution is 5.54. The highest BCUT2D eigenvalue weighted by Crippen LogP contribution is 2.30. The van der Waals surface area contributed by atoms with Gasteiger partial charge in [0.2, 0.25) is 0 Å². The first kappa shape index (κ1) is 13.4. The van der Waals surface area contributed by atoms with Gasteiger partial charge >= 0.3 is 0 Å². The van der Waals surface area contributed by atoms with Crippen LogP contribution in [0.2, 0.25) is 0 Å². The third-order valence-corrected chi connectivity index (χ3v) is 1.51. The van der Waals surface area contributed by atoms with Crippen LogP contribution in [0.25, 0.3) is 0 Å². The first-order chi connectivity index (χ1) is 7.23. The molecule has 4 heteroatoms. The van der Waals surface area contributed by atoms with E-state index in [1.165, 1.54) is 13.5 Å². The molecule has 1 aromatic carbocycles. The van der Waals surface area contributed by atoms with Crippen molar-refractivity contribution in [3.05, 3.63) is 18.2 Å². The van der Waals surface area contributed by atoms with Crippen molar-refractivity contribution in [1.82, 2.24) is 0 Å². The highest BCUT2D eigenvalue weighted by atomic mass is 16.5. The van der Waals surface area contributed by atoms with Crippen molar-refractivity contribution < 1.29 is 9.47 Å². The maximum atomic E-state index is 6.82. The van der Waals surface area contributed by atoms with Gasteiger partial charge < -0.3 is 9.47 Å². The summed E-state index contributed by atoms with van der Waals surface area (Å²) in [7, 11) is 3.11. The molecule has 1 N–H and O–H groups in total. The standard InChI is InChI=1S/C8H10N2O2.C3H8/c1-11-6-3-4-7(10-9)8(5-6)12-2;1-3-2/h3-5,9H,1-2H3;3H2,1-2H3.